The van der Waals surface area contributed by atoms with Crippen molar-refractivity contribution in [2.75, 3.05) is 0 Å². The Kier molecular flexibility index (Phi) is 14.1. The molecule has 330 valence electrons. The molecular weight excluding hydrogens is 827 g/mol. The van der Waals surface area contributed by atoms with Gasteiger partial charge in [-0.3, -0.25) is 0 Å². The Labute approximate surface area is 388 Å². The molecule has 0 bridgehead atoms. The molecule has 14 heteroatoms. The average Bonchev–Trinajstić information content (AvgIpc) is 3.95. The Hall–Kier alpha value is -6.82. The molecular formula is C52H50B3N3O8. The lowest BCUT2D eigenvalue weighted by atomic mass is 9.64. The Balaban J connectivity index is 0.000000147. The van der Waals surface area contributed by atoms with Crippen molar-refractivity contribution in [2.24, 2.45) is 0 Å². The first-order valence-electron chi connectivity index (χ1n) is 21.6. The van der Waals surface area contributed by atoms with Crippen molar-refractivity contribution in [1.82, 2.24) is 0 Å². The number of fused-ring (bicyclic) bond motifs is 3. The Morgan fingerprint density at radius 3 is 1.45 bits per heavy atom. The lowest BCUT2D eigenvalue weighted by Gasteiger charge is -2.14. The van der Waals surface area contributed by atoms with Gasteiger partial charge in [-0.25, -0.2) is 14.5 Å². The Morgan fingerprint density at radius 2 is 0.924 bits per heavy atom. The number of ether oxygens (including phenoxy) is 3. The van der Waals surface area contributed by atoms with Crippen molar-refractivity contribution in [1.29, 1.82) is 0 Å². The summed E-state index contributed by atoms with van der Waals surface area (Å²) >= 11 is 0. The van der Waals surface area contributed by atoms with Gasteiger partial charge in [-0.1, -0.05) is 19.0 Å². The predicted molar refractivity (Wildman–Crippen MR) is 261 cm³/mol. The Bertz CT molecular complexity index is 2880. The number of benzene rings is 6. The predicted octanol–water partition coefficient (Wildman–Crippen LogP) is 10.7. The summed E-state index contributed by atoms with van der Waals surface area (Å²) in [5, 5.41) is 19.5. The molecule has 0 aromatic heterocycles. The summed E-state index contributed by atoms with van der Waals surface area (Å²) in [6, 6.07) is 23.0. The van der Waals surface area contributed by atoms with Crippen molar-refractivity contribution in [2.45, 2.75) is 89.0 Å². The fraction of sp³-hybridized carbons (Fsp3) is 0.250. The van der Waals surface area contributed by atoms with Crippen LogP contribution >= 0.6 is 0 Å². The molecule has 0 aliphatic carbocycles. The minimum Gasteiger partial charge on any atom is -0.457 e. The van der Waals surface area contributed by atoms with Gasteiger partial charge >= 0.3 is 21.2 Å². The third kappa shape index (κ3) is 9.88. The lowest BCUT2D eigenvalue weighted by molar-refractivity contribution is 0.274. The van der Waals surface area contributed by atoms with Crippen molar-refractivity contribution in [3.63, 3.8) is 0 Å². The van der Waals surface area contributed by atoms with Gasteiger partial charge in [0.1, 0.15) is 34.5 Å². The standard InChI is InChI=1S/C18H18BNO2.2C17H16BNO3/c1-11-8-14(9-12(2)18(11)20-5)22-17-7-6-16-15(13(17)3)10-21-19(16)4;1-10-7-15-13(9-21-18(15)20)8-16(10)22-14-5-11(2)17(19-4)12(3)6-14;1-10-5-15(8-13-9-21-18(20)16(10)13)22-14-6-11(2)17(19-4)12(3)7-14/h6-9H,10H2,1-4H3;2*5-8,20H,9H2,1-3H3. The second-order valence-corrected chi connectivity index (χ2v) is 17.0. The summed E-state index contributed by atoms with van der Waals surface area (Å²) in [4.78, 5) is 10.6. The molecule has 0 fully saturated rings. The highest BCUT2D eigenvalue weighted by atomic mass is 16.5. The summed E-state index contributed by atoms with van der Waals surface area (Å²) in [5.41, 5.74) is 16.6. The molecule has 0 spiro atoms. The van der Waals surface area contributed by atoms with Gasteiger partial charge in [0.2, 0.25) is 0 Å². The third-order valence-electron chi connectivity index (χ3n) is 12.1. The number of aryl methyl sites for hydroxylation is 8. The van der Waals surface area contributed by atoms with Crippen LogP contribution in [0.3, 0.4) is 0 Å². The van der Waals surface area contributed by atoms with E-state index < -0.39 is 14.2 Å². The first-order valence-corrected chi connectivity index (χ1v) is 21.6. The van der Waals surface area contributed by atoms with Crippen LogP contribution in [0.2, 0.25) is 6.82 Å². The van der Waals surface area contributed by atoms with Gasteiger partial charge in [0.25, 0.3) is 0 Å². The molecule has 3 aliphatic rings. The molecule has 0 radical (unpaired) electrons. The van der Waals surface area contributed by atoms with Gasteiger partial charge in [-0.05, 0) is 206 Å². The second-order valence-electron chi connectivity index (χ2n) is 17.0. The molecule has 11 nitrogen and oxygen atoms in total. The van der Waals surface area contributed by atoms with Crippen LogP contribution in [0.1, 0.15) is 66.8 Å². The zero-order valence-corrected chi connectivity index (χ0v) is 39.0. The fourth-order valence-electron chi connectivity index (χ4n) is 8.68. The van der Waals surface area contributed by atoms with E-state index in [4.69, 9.17) is 47.9 Å². The fourth-order valence-corrected chi connectivity index (χ4v) is 8.68. The highest BCUT2D eigenvalue weighted by molar-refractivity contribution is 6.67. The number of hydrogen-bond acceptors (Lipinski definition) is 8. The van der Waals surface area contributed by atoms with Crippen LogP contribution in [-0.4, -0.2) is 31.2 Å². The van der Waals surface area contributed by atoms with Gasteiger partial charge < -0.3 is 38.2 Å². The van der Waals surface area contributed by atoms with Crippen LogP contribution in [0.25, 0.3) is 14.5 Å². The van der Waals surface area contributed by atoms with E-state index >= 15 is 0 Å². The van der Waals surface area contributed by atoms with Crippen LogP contribution in [0, 0.1) is 82.0 Å². The van der Waals surface area contributed by atoms with E-state index in [2.05, 4.69) is 34.3 Å². The van der Waals surface area contributed by atoms with Crippen molar-refractivity contribution in [3.05, 3.63) is 174 Å². The molecule has 0 saturated heterocycles. The van der Waals surface area contributed by atoms with Crippen LogP contribution in [0.5, 0.6) is 34.5 Å². The molecule has 3 heterocycles. The highest BCUT2D eigenvalue weighted by Crippen LogP contribution is 2.36. The summed E-state index contributed by atoms with van der Waals surface area (Å²) in [5.74, 6) is 4.50. The molecule has 0 unspecified atom stereocenters. The summed E-state index contributed by atoms with van der Waals surface area (Å²) in [7, 11) is -1.68. The first kappa shape index (κ1) is 47.2. The quantitative estimate of drug-likeness (QED) is 0.126. The van der Waals surface area contributed by atoms with Gasteiger partial charge in [0, 0.05) is 0 Å². The summed E-state index contributed by atoms with van der Waals surface area (Å²) in [6.45, 7) is 42.7. The minimum atomic E-state index is -0.842. The maximum absolute atomic E-state index is 9.78. The minimum absolute atomic E-state index is 0.158. The van der Waals surface area contributed by atoms with E-state index in [1.54, 1.807) is 0 Å². The van der Waals surface area contributed by atoms with Gasteiger partial charge in [-0.15, -0.1) is 0 Å². The van der Waals surface area contributed by atoms with E-state index in [0.29, 0.717) is 54.1 Å². The van der Waals surface area contributed by atoms with E-state index in [1.165, 1.54) is 11.0 Å². The van der Waals surface area contributed by atoms with E-state index in [9.17, 15) is 10.0 Å². The molecule has 9 rings (SSSR count). The Morgan fingerprint density at radius 1 is 0.470 bits per heavy atom. The number of hydrogen-bond donors (Lipinski definition) is 2. The zero-order valence-electron chi connectivity index (χ0n) is 39.0. The van der Waals surface area contributed by atoms with E-state index in [1.807, 2.05) is 122 Å². The summed E-state index contributed by atoms with van der Waals surface area (Å²) < 4.78 is 34.2. The van der Waals surface area contributed by atoms with Crippen molar-refractivity contribution < 1.29 is 38.2 Å². The SMILES string of the molecule is [C-]#[N+]c1c(C)cc(Oc2cc(C)c3c(c2)COB3O)cc1C.[C-]#[N+]c1c(C)cc(Oc2cc3c(cc2C)B(O)OC3)cc1C.[C-]#[N+]c1c(C)cc(Oc2ccc3c(c2C)COB3C)cc1C. The topological polar surface area (TPSA) is 109 Å². The molecule has 0 amide bonds. The number of nitrogens with zero attached hydrogens (tertiary/aromatic N) is 3. The monoisotopic (exact) mass is 877 g/mol. The maximum atomic E-state index is 9.78. The van der Waals surface area contributed by atoms with Gasteiger partial charge in [0.05, 0.1) is 39.5 Å². The van der Waals surface area contributed by atoms with Crippen LogP contribution in [0.15, 0.2) is 72.8 Å². The third-order valence-corrected chi connectivity index (χ3v) is 12.1. The highest BCUT2D eigenvalue weighted by Gasteiger charge is 2.31. The van der Waals surface area contributed by atoms with Crippen LogP contribution in [0.4, 0.5) is 17.1 Å². The van der Waals surface area contributed by atoms with Crippen LogP contribution < -0.4 is 30.6 Å². The lowest BCUT2D eigenvalue weighted by Crippen LogP contribution is -2.30. The zero-order chi connectivity index (χ0) is 47.6. The molecule has 6 aromatic rings. The van der Waals surface area contributed by atoms with Crippen molar-refractivity contribution >= 4 is 54.6 Å². The van der Waals surface area contributed by atoms with Crippen LogP contribution in [-0.2, 0) is 33.8 Å². The molecule has 0 saturated carbocycles. The second kappa shape index (κ2) is 19.7. The first-order chi connectivity index (χ1) is 31.5. The summed E-state index contributed by atoms with van der Waals surface area (Å²) in [6.07, 6.45) is 0. The largest absolute Gasteiger partial charge is 0.492 e. The van der Waals surface area contributed by atoms with E-state index in [0.717, 1.165) is 89.4 Å². The molecule has 6 aromatic carbocycles. The normalized spacial score (nSPS) is 13.0. The average molecular weight is 877 g/mol. The van der Waals surface area contributed by atoms with Gasteiger partial charge in [-0.2, -0.15) is 0 Å². The smallest absolute Gasteiger partial charge is 0.457 e. The molecule has 0 atom stereocenters. The van der Waals surface area contributed by atoms with E-state index in [-0.39, 0.29) is 6.92 Å². The maximum Gasteiger partial charge on any atom is 0.492 e. The molecule has 66 heavy (non-hydrogen) atoms. The molecule has 3 aliphatic heterocycles. The van der Waals surface area contributed by atoms with Crippen molar-refractivity contribution in [3.8, 4) is 34.5 Å². The van der Waals surface area contributed by atoms with Gasteiger partial charge in [0.15, 0.2) is 17.1 Å². The number of rotatable bonds is 6. The molecule has 2 N–H and O–H groups in total.